The standard InChI is InChI=1S/C24H25N3O3/c1-18-9-15-22(16-10-18)30-17-5-8-23(28)25-20-11-13-21(14-12-20)27-24(29)26-19-6-3-2-4-7-19/h2-4,6-7,9-16H,5,8,17H2,1H3,(H,25,28)(H2,26,27,29). The largest absolute Gasteiger partial charge is 0.494 e. The molecule has 0 fully saturated rings. The van der Waals surface area contributed by atoms with Crippen LogP contribution in [0.5, 0.6) is 5.75 Å². The van der Waals surface area contributed by atoms with Crippen molar-refractivity contribution in [2.45, 2.75) is 19.8 Å². The summed E-state index contributed by atoms with van der Waals surface area (Å²) in [6.07, 6.45) is 0.990. The lowest BCUT2D eigenvalue weighted by Gasteiger charge is -2.09. The SMILES string of the molecule is Cc1ccc(OCCCC(=O)Nc2ccc(NC(=O)Nc3ccccc3)cc2)cc1. The maximum atomic E-state index is 12.1. The Kier molecular flexibility index (Phi) is 7.44. The second-order valence-corrected chi connectivity index (χ2v) is 6.84. The maximum Gasteiger partial charge on any atom is 0.323 e. The van der Waals surface area contributed by atoms with Crippen LogP contribution in [0.25, 0.3) is 0 Å². The van der Waals surface area contributed by atoms with Gasteiger partial charge < -0.3 is 20.7 Å². The Hall–Kier alpha value is -3.80. The van der Waals surface area contributed by atoms with Gasteiger partial charge in [0.2, 0.25) is 5.91 Å². The van der Waals surface area contributed by atoms with Crippen LogP contribution in [0.1, 0.15) is 18.4 Å². The number of benzene rings is 3. The lowest BCUT2D eigenvalue weighted by atomic mass is 10.2. The number of para-hydroxylation sites is 1. The molecule has 6 heteroatoms. The molecular formula is C24H25N3O3. The van der Waals surface area contributed by atoms with Gasteiger partial charge in [-0.05, 0) is 61.9 Å². The highest BCUT2D eigenvalue weighted by Gasteiger charge is 2.05. The van der Waals surface area contributed by atoms with E-state index in [1.165, 1.54) is 5.56 Å². The van der Waals surface area contributed by atoms with Crippen LogP contribution in [0.4, 0.5) is 21.9 Å². The van der Waals surface area contributed by atoms with Crippen molar-refractivity contribution in [1.82, 2.24) is 0 Å². The van der Waals surface area contributed by atoms with E-state index in [-0.39, 0.29) is 11.9 Å². The van der Waals surface area contributed by atoms with Crippen LogP contribution in [0.3, 0.4) is 0 Å². The first-order chi connectivity index (χ1) is 14.6. The topological polar surface area (TPSA) is 79.5 Å². The second-order valence-electron chi connectivity index (χ2n) is 6.84. The van der Waals surface area contributed by atoms with Gasteiger partial charge in [0.05, 0.1) is 6.61 Å². The summed E-state index contributed by atoms with van der Waals surface area (Å²) < 4.78 is 5.63. The van der Waals surface area contributed by atoms with Gasteiger partial charge in [0.15, 0.2) is 0 Å². The quantitative estimate of drug-likeness (QED) is 0.438. The van der Waals surface area contributed by atoms with E-state index in [2.05, 4.69) is 16.0 Å². The van der Waals surface area contributed by atoms with Crippen LogP contribution >= 0.6 is 0 Å². The highest BCUT2D eigenvalue weighted by Crippen LogP contribution is 2.15. The first-order valence-corrected chi connectivity index (χ1v) is 9.81. The average molecular weight is 403 g/mol. The molecule has 0 bridgehead atoms. The summed E-state index contributed by atoms with van der Waals surface area (Å²) in [7, 11) is 0. The molecule has 154 valence electrons. The molecule has 0 aliphatic heterocycles. The molecule has 0 aliphatic carbocycles. The molecule has 0 heterocycles. The van der Waals surface area contributed by atoms with E-state index in [1.807, 2.05) is 61.5 Å². The monoisotopic (exact) mass is 403 g/mol. The summed E-state index contributed by atoms with van der Waals surface area (Å²) in [5, 5.41) is 8.35. The fourth-order valence-electron chi connectivity index (χ4n) is 2.73. The molecule has 30 heavy (non-hydrogen) atoms. The number of rotatable bonds is 8. The Morgan fingerprint density at radius 2 is 1.30 bits per heavy atom. The molecule has 0 spiro atoms. The lowest BCUT2D eigenvalue weighted by Crippen LogP contribution is -2.19. The highest BCUT2D eigenvalue weighted by molar-refractivity contribution is 6.00. The summed E-state index contributed by atoms with van der Waals surface area (Å²) in [4.78, 5) is 24.1. The fraction of sp³-hybridized carbons (Fsp3) is 0.167. The molecule has 3 rings (SSSR count). The first kappa shape index (κ1) is 20.9. The number of carbonyl (C=O) groups excluding carboxylic acids is 2. The van der Waals surface area contributed by atoms with Crippen LogP contribution in [0, 0.1) is 6.92 Å². The molecule has 3 N–H and O–H groups in total. The third kappa shape index (κ3) is 6.98. The van der Waals surface area contributed by atoms with E-state index in [4.69, 9.17) is 4.74 Å². The predicted molar refractivity (Wildman–Crippen MR) is 120 cm³/mol. The minimum atomic E-state index is -0.327. The molecule has 6 nitrogen and oxygen atoms in total. The lowest BCUT2D eigenvalue weighted by molar-refractivity contribution is -0.116. The molecule has 0 radical (unpaired) electrons. The van der Waals surface area contributed by atoms with Gasteiger partial charge >= 0.3 is 6.03 Å². The van der Waals surface area contributed by atoms with Crippen LogP contribution in [0.15, 0.2) is 78.9 Å². The molecule has 0 atom stereocenters. The molecule has 0 aromatic heterocycles. The Morgan fingerprint density at radius 3 is 1.93 bits per heavy atom. The summed E-state index contributed by atoms with van der Waals surface area (Å²) in [6, 6.07) is 23.7. The zero-order chi connectivity index (χ0) is 21.2. The van der Waals surface area contributed by atoms with Crippen molar-refractivity contribution in [2.75, 3.05) is 22.6 Å². The fourth-order valence-corrected chi connectivity index (χ4v) is 2.73. The first-order valence-electron chi connectivity index (χ1n) is 9.81. The Morgan fingerprint density at radius 1 is 0.733 bits per heavy atom. The number of urea groups is 1. The Bertz CT molecular complexity index is 955. The van der Waals surface area contributed by atoms with Gasteiger partial charge in [-0.15, -0.1) is 0 Å². The summed E-state index contributed by atoms with van der Waals surface area (Å²) in [5.74, 6) is 0.727. The van der Waals surface area contributed by atoms with Crippen LogP contribution in [-0.4, -0.2) is 18.5 Å². The molecule has 3 amide bonds. The third-order valence-electron chi connectivity index (χ3n) is 4.30. The molecular weight excluding hydrogens is 378 g/mol. The van der Waals surface area contributed by atoms with E-state index >= 15 is 0 Å². The second kappa shape index (κ2) is 10.7. The minimum Gasteiger partial charge on any atom is -0.494 e. The van der Waals surface area contributed by atoms with E-state index in [1.54, 1.807) is 24.3 Å². The van der Waals surface area contributed by atoms with Crippen molar-refractivity contribution >= 4 is 29.0 Å². The Balaban J connectivity index is 1.37. The molecule has 0 aliphatic rings. The van der Waals surface area contributed by atoms with Crippen molar-refractivity contribution in [3.8, 4) is 5.75 Å². The van der Waals surface area contributed by atoms with Crippen molar-refractivity contribution in [3.63, 3.8) is 0 Å². The molecule has 0 saturated heterocycles. The molecule has 0 saturated carbocycles. The molecule has 0 unspecified atom stereocenters. The van der Waals surface area contributed by atoms with Gasteiger partial charge in [0.25, 0.3) is 0 Å². The zero-order valence-electron chi connectivity index (χ0n) is 16.9. The van der Waals surface area contributed by atoms with E-state index in [9.17, 15) is 9.59 Å². The predicted octanol–water partition coefficient (Wildman–Crippen LogP) is 5.44. The maximum absolute atomic E-state index is 12.1. The van der Waals surface area contributed by atoms with Gasteiger partial charge in [-0.25, -0.2) is 4.79 Å². The van der Waals surface area contributed by atoms with Crippen LogP contribution in [0.2, 0.25) is 0 Å². The van der Waals surface area contributed by atoms with Crippen molar-refractivity contribution in [3.05, 3.63) is 84.4 Å². The van der Waals surface area contributed by atoms with Gasteiger partial charge in [0, 0.05) is 23.5 Å². The van der Waals surface area contributed by atoms with Gasteiger partial charge in [0.1, 0.15) is 5.75 Å². The van der Waals surface area contributed by atoms with Crippen molar-refractivity contribution in [2.24, 2.45) is 0 Å². The van der Waals surface area contributed by atoms with E-state index in [0.717, 1.165) is 5.75 Å². The average Bonchev–Trinajstić information content (AvgIpc) is 2.74. The number of amides is 3. The van der Waals surface area contributed by atoms with Gasteiger partial charge in [-0.3, -0.25) is 4.79 Å². The zero-order valence-corrected chi connectivity index (χ0v) is 16.9. The molecule has 3 aromatic rings. The van der Waals surface area contributed by atoms with E-state index < -0.39 is 0 Å². The number of carbonyl (C=O) groups is 2. The molecule has 3 aromatic carbocycles. The summed E-state index contributed by atoms with van der Waals surface area (Å²) in [6.45, 7) is 2.51. The van der Waals surface area contributed by atoms with Gasteiger partial charge in [-0.2, -0.15) is 0 Å². The minimum absolute atomic E-state index is 0.0787. The number of hydrogen-bond donors (Lipinski definition) is 3. The Labute approximate surface area is 176 Å². The number of hydrogen-bond acceptors (Lipinski definition) is 3. The smallest absolute Gasteiger partial charge is 0.323 e. The summed E-state index contributed by atoms with van der Waals surface area (Å²) in [5.41, 5.74) is 3.20. The van der Waals surface area contributed by atoms with E-state index in [0.29, 0.717) is 36.5 Å². The normalized spacial score (nSPS) is 10.2. The van der Waals surface area contributed by atoms with Crippen molar-refractivity contribution in [1.29, 1.82) is 0 Å². The summed E-state index contributed by atoms with van der Waals surface area (Å²) >= 11 is 0. The van der Waals surface area contributed by atoms with Crippen LogP contribution < -0.4 is 20.7 Å². The highest BCUT2D eigenvalue weighted by atomic mass is 16.5. The third-order valence-corrected chi connectivity index (χ3v) is 4.30. The van der Waals surface area contributed by atoms with Gasteiger partial charge in [-0.1, -0.05) is 35.9 Å². The number of nitrogens with one attached hydrogen (secondary N) is 3. The number of aryl methyl sites for hydroxylation is 1. The van der Waals surface area contributed by atoms with Crippen LogP contribution in [-0.2, 0) is 4.79 Å². The van der Waals surface area contributed by atoms with Crippen molar-refractivity contribution < 1.29 is 14.3 Å². The number of anilines is 3. The number of ether oxygens (including phenoxy) is 1.